The summed E-state index contributed by atoms with van der Waals surface area (Å²) in [5.41, 5.74) is 4.54. The van der Waals surface area contributed by atoms with E-state index in [1.807, 2.05) is 65.4 Å². The smallest absolute Gasteiger partial charge is 0.266 e. The molecule has 0 atom stereocenters. The van der Waals surface area contributed by atoms with Crippen molar-refractivity contribution in [2.45, 2.75) is 19.9 Å². The molecular formula is C27H22FN3O. The summed E-state index contributed by atoms with van der Waals surface area (Å²) in [6, 6.07) is 23.8. The van der Waals surface area contributed by atoms with E-state index in [1.165, 1.54) is 17.7 Å². The number of anilines is 1. The molecule has 32 heavy (non-hydrogen) atoms. The predicted molar refractivity (Wildman–Crippen MR) is 125 cm³/mol. The molecular weight excluding hydrogens is 401 g/mol. The minimum atomic E-state index is -0.452. The fourth-order valence-corrected chi connectivity index (χ4v) is 3.63. The van der Waals surface area contributed by atoms with Crippen molar-refractivity contribution in [3.63, 3.8) is 0 Å². The quantitative estimate of drug-likeness (QED) is 0.308. The van der Waals surface area contributed by atoms with Gasteiger partial charge >= 0.3 is 0 Å². The van der Waals surface area contributed by atoms with E-state index in [1.54, 1.807) is 18.2 Å². The lowest BCUT2D eigenvalue weighted by atomic mass is 10.1. The number of rotatable bonds is 6. The lowest BCUT2D eigenvalue weighted by Gasteiger charge is -2.05. The number of nitrogens with one attached hydrogen (secondary N) is 1. The first-order chi connectivity index (χ1) is 15.6. The summed E-state index contributed by atoms with van der Waals surface area (Å²) < 4.78 is 15.3. The number of fused-ring (bicyclic) bond motifs is 1. The molecule has 4 aromatic rings. The Kier molecular flexibility index (Phi) is 6.14. The highest BCUT2D eigenvalue weighted by Crippen LogP contribution is 2.25. The molecule has 1 heterocycles. The summed E-state index contributed by atoms with van der Waals surface area (Å²) in [5, 5.41) is 13.4. The molecule has 0 aliphatic rings. The SMILES string of the molecule is CCc1ccc(NC(=O)/C(C#N)=C/c2cn(Cc3ccc(F)cc3)c3ccccc23)cc1. The average Bonchev–Trinajstić information content (AvgIpc) is 3.16. The van der Waals surface area contributed by atoms with Crippen LogP contribution in [0.15, 0.2) is 84.6 Å². The number of benzene rings is 3. The molecule has 4 rings (SSSR count). The molecule has 1 N–H and O–H groups in total. The second-order valence-corrected chi connectivity index (χ2v) is 7.53. The molecule has 158 valence electrons. The van der Waals surface area contributed by atoms with Crippen molar-refractivity contribution in [3.05, 3.63) is 107 Å². The Labute approximate surface area is 186 Å². The largest absolute Gasteiger partial charge is 0.342 e. The number of carbonyl (C=O) groups excluding carboxylic acids is 1. The number of aryl methyl sites for hydroxylation is 1. The molecule has 0 saturated carbocycles. The van der Waals surface area contributed by atoms with Crippen LogP contribution in [0, 0.1) is 17.1 Å². The normalized spacial score (nSPS) is 11.3. The van der Waals surface area contributed by atoms with Gasteiger partial charge in [-0.05, 0) is 54.0 Å². The van der Waals surface area contributed by atoms with Crippen molar-refractivity contribution in [2.24, 2.45) is 0 Å². The number of hydrogen-bond donors (Lipinski definition) is 1. The Balaban J connectivity index is 1.64. The van der Waals surface area contributed by atoms with Gasteiger partial charge in [0.1, 0.15) is 17.5 Å². The first kappa shape index (κ1) is 21.1. The van der Waals surface area contributed by atoms with Gasteiger partial charge in [-0.25, -0.2) is 4.39 Å². The maximum Gasteiger partial charge on any atom is 0.266 e. The zero-order chi connectivity index (χ0) is 22.5. The van der Waals surface area contributed by atoms with Gasteiger partial charge in [0, 0.05) is 34.9 Å². The summed E-state index contributed by atoms with van der Waals surface area (Å²) in [6.07, 6.45) is 4.44. The minimum Gasteiger partial charge on any atom is -0.342 e. The molecule has 4 nitrogen and oxygen atoms in total. The lowest BCUT2D eigenvalue weighted by Crippen LogP contribution is -2.13. The van der Waals surface area contributed by atoms with Crippen molar-refractivity contribution < 1.29 is 9.18 Å². The zero-order valence-electron chi connectivity index (χ0n) is 17.7. The second kappa shape index (κ2) is 9.32. The first-order valence-electron chi connectivity index (χ1n) is 10.4. The van der Waals surface area contributed by atoms with Gasteiger partial charge in [0.25, 0.3) is 5.91 Å². The Morgan fingerprint density at radius 3 is 2.41 bits per heavy atom. The summed E-state index contributed by atoms with van der Waals surface area (Å²) in [6.45, 7) is 2.61. The van der Waals surface area contributed by atoms with Crippen molar-refractivity contribution in [2.75, 3.05) is 5.32 Å². The predicted octanol–water partition coefficient (Wildman–Crippen LogP) is 5.94. The summed E-state index contributed by atoms with van der Waals surface area (Å²) in [5.74, 6) is -0.726. The topological polar surface area (TPSA) is 57.8 Å². The third kappa shape index (κ3) is 4.60. The molecule has 0 unspecified atom stereocenters. The van der Waals surface area contributed by atoms with Gasteiger partial charge in [0.05, 0.1) is 0 Å². The van der Waals surface area contributed by atoms with Gasteiger partial charge in [-0.2, -0.15) is 5.26 Å². The fourth-order valence-electron chi connectivity index (χ4n) is 3.63. The summed E-state index contributed by atoms with van der Waals surface area (Å²) in [4.78, 5) is 12.7. The van der Waals surface area contributed by atoms with Crippen LogP contribution in [-0.2, 0) is 17.8 Å². The molecule has 0 saturated heterocycles. The van der Waals surface area contributed by atoms with Gasteiger partial charge in [0.2, 0.25) is 0 Å². The summed E-state index contributed by atoms with van der Waals surface area (Å²) >= 11 is 0. The Hall–Kier alpha value is -4.17. The number of nitriles is 1. The molecule has 1 aromatic heterocycles. The van der Waals surface area contributed by atoms with Crippen molar-refractivity contribution >= 4 is 28.6 Å². The minimum absolute atomic E-state index is 0.0225. The molecule has 0 fully saturated rings. The van der Waals surface area contributed by atoms with E-state index < -0.39 is 5.91 Å². The van der Waals surface area contributed by atoms with Crippen LogP contribution in [0.3, 0.4) is 0 Å². The number of aromatic nitrogens is 1. The van der Waals surface area contributed by atoms with Gasteiger partial charge in [-0.15, -0.1) is 0 Å². The zero-order valence-corrected chi connectivity index (χ0v) is 17.7. The number of hydrogen-bond acceptors (Lipinski definition) is 2. The number of nitrogens with zero attached hydrogens (tertiary/aromatic N) is 2. The van der Waals surface area contributed by atoms with Crippen LogP contribution < -0.4 is 5.32 Å². The number of carbonyl (C=O) groups is 1. The maximum absolute atomic E-state index is 13.3. The van der Waals surface area contributed by atoms with E-state index in [2.05, 4.69) is 12.2 Å². The van der Waals surface area contributed by atoms with Crippen LogP contribution in [0.4, 0.5) is 10.1 Å². The molecule has 0 bridgehead atoms. The summed E-state index contributed by atoms with van der Waals surface area (Å²) in [7, 11) is 0. The standard InChI is InChI=1S/C27H22FN3O/c1-2-19-9-13-24(14-10-19)30-27(32)21(16-29)15-22-18-31(26-6-4-3-5-25(22)26)17-20-7-11-23(28)12-8-20/h3-15,18H,2,17H2,1H3,(H,30,32)/b21-15+. The van der Waals surface area contributed by atoms with E-state index in [9.17, 15) is 14.4 Å². The van der Waals surface area contributed by atoms with E-state index in [0.29, 0.717) is 12.2 Å². The average molecular weight is 423 g/mol. The maximum atomic E-state index is 13.3. The monoisotopic (exact) mass is 423 g/mol. The fraction of sp³-hybridized carbons (Fsp3) is 0.111. The van der Waals surface area contributed by atoms with Crippen LogP contribution >= 0.6 is 0 Å². The third-order valence-electron chi connectivity index (χ3n) is 5.37. The Morgan fingerprint density at radius 1 is 1.03 bits per heavy atom. The van der Waals surface area contributed by atoms with E-state index in [4.69, 9.17) is 0 Å². The van der Waals surface area contributed by atoms with E-state index in [0.717, 1.165) is 28.5 Å². The van der Waals surface area contributed by atoms with Crippen LogP contribution in [0.25, 0.3) is 17.0 Å². The highest BCUT2D eigenvalue weighted by Gasteiger charge is 2.13. The molecule has 5 heteroatoms. The van der Waals surface area contributed by atoms with Crippen LogP contribution in [0.1, 0.15) is 23.6 Å². The Morgan fingerprint density at radius 2 is 1.72 bits per heavy atom. The molecule has 0 spiro atoms. The van der Waals surface area contributed by atoms with Crippen molar-refractivity contribution in [1.29, 1.82) is 5.26 Å². The number of halogens is 1. The van der Waals surface area contributed by atoms with E-state index in [-0.39, 0.29) is 11.4 Å². The molecule has 0 aliphatic carbocycles. The third-order valence-corrected chi connectivity index (χ3v) is 5.37. The highest BCUT2D eigenvalue weighted by molar-refractivity contribution is 6.10. The number of para-hydroxylation sites is 1. The van der Waals surface area contributed by atoms with Crippen molar-refractivity contribution in [3.8, 4) is 6.07 Å². The highest BCUT2D eigenvalue weighted by atomic mass is 19.1. The molecule has 0 aliphatic heterocycles. The van der Waals surface area contributed by atoms with Crippen molar-refractivity contribution in [1.82, 2.24) is 4.57 Å². The van der Waals surface area contributed by atoms with E-state index >= 15 is 0 Å². The molecule has 3 aromatic carbocycles. The van der Waals surface area contributed by atoms with Crippen LogP contribution in [0.2, 0.25) is 0 Å². The van der Waals surface area contributed by atoms with Gasteiger partial charge in [-0.3, -0.25) is 4.79 Å². The van der Waals surface area contributed by atoms with Crippen LogP contribution in [0.5, 0.6) is 0 Å². The van der Waals surface area contributed by atoms with Gasteiger partial charge in [0.15, 0.2) is 0 Å². The second-order valence-electron chi connectivity index (χ2n) is 7.53. The molecule has 0 radical (unpaired) electrons. The van der Waals surface area contributed by atoms with Gasteiger partial charge in [-0.1, -0.05) is 49.4 Å². The lowest BCUT2D eigenvalue weighted by molar-refractivity contribution is -0.112. The van der Waals surface area contributed by atoms with Crippen LogP contribution in [-0.4, -0.2) is 10.5 Å². The Bertz CT molecular complexity index is 1330. The number of amides is 1. The first-order valence-corrected chi connectivity index (χ1v) is 10.4. The van der Waals surface area contributed by atoms with Gasteiger partial charge < -0.3 is 9.88 Å². The molecule has 1 amide bonds.